The molecular formula is C21H28N4O2. The fourth-order valence-corrected chi connectivity index (χ4v) is 3.45. The van der Waals surface area contributed by atoms with E-state index >= 15 is 0 Å². The van der Waals surface area contributed by atoms with Gasteiger partial charge in [0.15, 0.2) is 0 Å². The number of aromatic nitrogens is 2. The second kappa shape index (κ2) is 7.00. The van der Waals surface area contributed by atoms with E-state index in [2.05, 4.69) is 37.1 Å². The van der Waals surface area contributed by atoms with Crippen molar-refractivity contribution in [1.82, 2.24) is 9.78 Å². The highest BCUT2D eigenvalue weighted by Gasteiger charge is 2.31. The number of carbonyl (C=O) groups is 1. The lowest BCUT2D eigenvalue weighted by Gasteiger charge is -2.29. The molecule has 0 bridgehead atoms. The molecule has 2 aromatic rings. The molecule has 2 fully saturated rings. The molecule has 4 rings (SSSR count). The minimum Gasteiger partial charge on any atom is -0.378 e. The Morgan fingerprint density at radius 2 is 1.93 bits per heavy atom. The average Bonchev–Trinajstić information content (AvgIpc) is 3.39. The number of morpholine rings is 1. The Hall–Kier alpha value is -2.34. The number of benzene rings is 1. The van der Waals surface area contributed by atoms with Crippen LogP contribution in [0.25, 0.3) is 0 Å². The predicted molar refractivity (Wildman–Crippen MR) is 107 cm³/mol. The van der Waals surface area contributed by atoms with Crippen LogP contribution in [0.2, 0.25) is 0 Å². The topological polar surface area (TPSA) is 59.4 Å². The van der Waals surface area contributed by atoms with Crippen LogP contribution in [0.5, 0.6) is 0 Å². The molecule has 1 aliphatic heterocycles. The first-order valence-electron chi connectivity index (χ1n) is 9.76. The minimum absolute atomic E-state index is 0.108. The summed E-state index contributed by atoms with van der Waals surface area (Å²) >= 11 is 0. The summed E-state index contributed by atoms with van der Waals surface area (Å²) in [5, 5.41) is 7.80. The Morgan fingerprint density at radius 3 is 2.59 bits per heavy atom. The van der Waals surface area contributed by atoms with Gasteiger partial charge < -0.3 is 15.0 Å². The largest absolute Gasteiger partial charge is 0.378 e. The second-order valence-electron chi connectivity index (χ2n) is 8.42. The molecule has 2 aliphatic rings. The van der Waals surface area contributed by atoms with Crippen molar-refractivity contribution >= 4 is 17.3 Å². The van der Waals surface area contributed by atoms with Gasteiger partial charge in [0.1, 0.15) is 5.69 Å². The molecule has 2 heterocycles. The van der Waals surface area contributed by atoms with Crippen LogP contribution in [0.1, 0.15) is 55.7 Å². The zero-order valence-electron chi connectivity index (χ0n) is 16.4. The van der Waals surface area contributed by atoms with Gasteiger partial charge in [-0.1, -0.05) is 6.07 Å². The first-order chi connectivity index (χ1) is 12.9. The van der Waals surface area contributed by atoms with Crippen molar-refractivity contribution in [3.63, 3.8) is 0 Å². The Kier molecular flexibility index (Phi) is 4.68. The summed E-state index contributed by atoms with van der Waals surface area (Å²) in [7, 11) is 0. The van der Waals surface area contributed by atoms with E-state index in [4.69, 9.17) is 9.84 Å². The molecular weight excluding hydrogens is 340 g/mol. The smallest absolute Gasteiger partial charge is 0.273 e. The third-order valence-corrected chi connectivity index (χ3v) is 5.07. The van der Waals surface area contributed by atoms with Crippen LogP contribution in [0.3, 0.4) is 0 Å². The Labute approximate surface area is 160 Å². The number of rotatable bonds is 4. The normalized spacial score (nSPS) is 17.8. The number of ether oxygens (including phenoxy) is 1. The Bertz CT molecular complexity index is 827. The maximum atomic E-state index is 13.0. The summed E-state index contributed by atoms with van der Waals surface area (Å²) in [5.41, 5.74) is 3.34. The number of nitrogens with zero attached hydrogens (tertiary/aromatic N) is 3. The van der Waals surface area contributed by atoms with E-state index < -0.39 is 0 Å². The van der Waals surface area contributed by atoms with Crippen molar-refractivity contribution in [2.24, 2.45) is 0 Å². The maximum Gasteiger partial charge on any atom is 0.273 e. The summed E-state index contributed by atoms with van der Waals surface area (Å²) in [5.74, 6) is 0.410. The van der Waals surface area contributed by atoms with Crippen LogP contribution in [-0.2, 0) is 10.3 Å². The van der Waals surface area contributed by atoms with Crippen LogP contribution < -0.4 is 10.2 Å². The van der Waals surface area contributed by atoms with Crippen molar-refractivity contribution in [3.05, 3.63) is 41.7 Å². The van der Waals surface area contributed by atoms with E-state index in [1.807, 2.05) is 28.9 Å². The van der Waals surface area contributed by atoms with E-state index in [-0.39, 0.29) is 11.4 Å². The van der Waals surface area contributed by atoms with Gasteiger partial charge in [0.05, 0.1) is 24.4 Å². The lowest BCUT2D eigenvalue weighted by molar-refractivity contribution is 0.100. The molecule has 1 amide bonds. The highest BCUT2D eigenvalue weighted by Crippen LogP contribution is 2.40. The zero-order valence-corrected chi connectivity index (χ0v) is 16.4. The molecule has 0 unspecified atom stereocenters. The number of nitrogens with one attached hydrogen (secondary N) is 1. The summed E-state index contributed by atoms with van der Waals surface area (Å²) in [6, 6.07) is 9.98. The van der Waals surface area contributed by atoms with Gasteiger partial charge >= 0.3 is 0 Å². The van der Waals surface area contributed by atoms with Crippen LogP contribution >= 0.6 is 0 Å². The molecule has 0 atom stereocenters. The molecule has 1 aromatic heterocycles. The first-order valence-corrected chi connectivity index (χ1v) is 9.76. The van der Waals surface area contributed by atoms with Crippen LogP contribution in [-0.4, -0.2) is 42.0 Å². The second-order valence-corrected chi connectivity index (χ2v) is 8.42. The number of anilines is 2. The van der Waals surface area contributed by atoms with Crippen molar-refractivity contribution in [2.75, 3.05) is 36.5 Å². The third kappa shape index (κ3) is 4.00. The lowest BCUT2D eigenvalue weighted by Crippen LogP contribution is -2.36. The van der Waals surface area contributed by atoms with E-state index in [0.717, 1.165) is 43.4 Å². The van der Waals surface area contributed by atoms with Gasteiger partial charge in [-0.05, 0) is 57.9 Å². The number of amides is 1. The zero-order chi connectivity index (χ0) is 19.0. The fraction of sp³-hybridized carbons (Fsp3) is 0.524. The number of carbonyl (C=O) groups excluding carboxylic acids is 1. The van der Waals surface area contributed by atoms with Gasteiger partial charge in [0, 0.05) is 30.4 Å². The predicted octanol–water partition coefficient (Wildman–Crippen LogP) is 3.60. The quantitative estimate of drug-likeness (QED) is 0.896. The Morgan fingerprint density at radius 1 is 1.19 bits per heavy atom. The molecule has 6 heteroatoms. The highest BCUT2D eigenvalue weighted by molar-refractivity contribution is 6.03. The molecule has 1 N–H and O–H groups in total. The van der Waals surface area contributed by atoms with Gasteiger partial charge in [-0.2, -0.15) is 5.10 Å². The summed E-state index contributed by atoms with van der Waals surface area (Å²) in [4.78, 5) is 15.3. The molecule has 6 nitrogen and oxygen atoms in total. The minimum atomic E-state index is -0.241. The van der Waals surface area contributed by atoms with E-state index in [9.17, 15) is 4.79 Å². The highest BCUT2D eigenvalue weighted by atomic mass is 16.5. The van der Waals surface area contributed by atoms with E-state index in [1.165, 1.54) is 12.8 Å². The maximum absolute atomic E-state index is 13.0. The summed E-state index contributed by atoms with van der Waals surface area (Å²) < 4.78 is 7.29. The van der Waals surface area contributed by atoms with Crippen molar-refractivity contribution in [1.29, 1.82) is 0 Å². The monoisotopic (exact) mass is 368 g/mol. The number of hydrogen-bond donors (Lipinski definition) is 1. The summed E-state index contributed by atoms with van der Waals surface area (Å²) in [6.45, 7) is 9.46. The van der Waals surface area contributed by atoms with Crippen LogP contribution in [0.15, 0.2) is 30.3 Å². The van der Waals surface area contributed by atoms with Gasteiger partial charge in [-0.3, -0.25) is 9.48 Å². The van der Waals surface area contributed by atoms with Crippen molar-refractivity contribution < 1.29 is 9.53 Å². The molecule has 1 aromatic carbocycles. The molecule has 0 radical (unpaired) electrons. The number of hydrogen-bond acceptors (Lipinski definition) is 4. The van der Waals surface area contributed by atoms with Gasteiger partial charge in [-0.25, -0.2) is 0 Å². The average molecular weight is 368 g/mol. The van der Waals surface area contributed by atoms with Crippen molar-refractivity contribution in [3.8, 4) is 0 Å². The van der Waals surface area contributed by atoms with E-state index in [0.29, 0.717) is 11.6 Å². The van der Waals surface area contributed by atoms with Gasteiger partial charge in [0.25, 0.3) is 5.91 Å². The molecule has 144 valence electrons. The molecule has 27 heavy (non-hydrogen) atoms. The molecule has 0 spiro atoms. The van der Waals surface area contributed by atoms with Crippen molar-refractivity contribution in [2.45, 2.75) is 45.1 Å². The standard InChI is InChI=1S/C21H28N4O2/c1-21(2,3)25-19(14-18(23-25)15-7-8-15)20(26)22-16-5-4-6-17(13-16)24-9-11-27-12-10-24/h4-6,13-15H,7-12H2,1-3H3,(H,22,26). The van der Waals surface area contributed by atoms with Gasteiger partial charge in [0.2, 0.25) is 0 Å². The van der Waals surface area contributed by atoms with Crippen LogP contribution in [0, 0.1) is 0 Å². The SMILES string of the molecule is CC(C)(C)n1nc(C2CC2)cc1C(=O)Nc1cccc(N2CCOCC2)c1. The Balaban J connectivity index is 1.55. The van der Waals surface area contributed by atoms with Crippen LogP contribution in [0.4, 0.5) is 11.4 Å². The first kappa shape index (κ1) is 18.0. The lowest BCUT2D eigenvalue weighted by atomic mass is 10.1. The third-order valence-electron chi connectivity index (χ3n) is 5.07. The van der Waals surface area contributed by atoms with E-state index in [1.54, 1.807) is 0 Å². The summed E-state index contributed by atoms with van der Waals surface area (Å²) in [6.07, 6.45) is 2.34. The fourth-order valence-electron chi connectivity index (χ4n) is 3.45. The van der Waals surface area contributed by atoms with Gasteiger partial charge in [-0.15, -0.1) is 0 Å². The molecule has 1 aliphatic carbocycles. The molecule has 1 saturated carbocycles. The molecule has 1 saturated heterocycles.